The fourth-order valence-electron chi connectivity index (χ4n) is 4.45. The number of fused-ring (bicyclic) bond motifs is 1. The van der Waals surface area contributed by atoms with Crippen LogP contribution in [0.5, 0.6) is 0 Å². The highest BCUT2D eigenvalue weighted by Gasteiger charge is 2.24. The second-order valence-corrected chi connectivity index (χ2v) is 8.55. The number of hydrogen-bond acceptors (Lipinski definition) is 5. The molecule has 1 unspecified atom stereocenters. The second kappa shape index (κ2) is 11.8. The molecule has 3 N–H and O–H groups in total. The van der Waals surface area contributed by atoms with Crippen LogP contribution >= 0.6 is 24.0 Å². The number of benzene rings is 1. The third-order valence-electron chi connectivity index (χ3n) is 6.23. The maximum atomic E-state index is 9.33. The van der Waals surface area contributed by atoms with Gasteiger partial charge < -0.3 is 20.6 Å². The van der Waals surface area contributed by atoms with Crippen molar-refractivity contribution in [2.45, 2.75) is 58.7 Å². The largest absolute Gasteiger partial charge is 0.396 e. The highest BCUT2D eigenvalue weighted by atomic mass is 127. The van der Waals surface area contributed by atoms with E-state index in [0.717, 1.165) is 69.5 Å². The highest BCUT2D eigenvalue weighted by Crippen LogP contribution is 2.24. The molecule has 2 aliphatic rings. The van der Waals surface area contributed by atoms with Gasteiger partial charge >= 0.3 is 0 Å². The number of aromatic nitrogens is 3. The van der Waals surface area contributed by atoms with E-state index in [2.05, 4.69) is 56.8 Å². The van der Waals surface area contributed by atoms with Gasteiger partial charge in [0, 0.05) is 38.5 Å². The molecule has 3 heterocycles. The number of hydrogen-bond donors (Lipinski definition) is 3. The van der Waals surface area contributed by atoms with Crippen molar-refractivity contribution in [2.24, 2.45) is 10.9 Å². The summed E-state index contributed by atoms with van der Waals surface area (Å²) in [7, 11) is 0. The van der Waals surface area contributed by atoms with E-state index in [-0.39, 0.29) is 30.0 Å². The highest BCUT2D eigenvalue weighted by molar-refractivity contribution is 14.0. The van der Waals surface area contributed by atoms with Crippen LogP contribution in [0, 0.1) is 12.8 Å². The van der Waals surface area contributed by atoms with E-state index < -0.39 is 0 Å². The van der Waals surface area contributed by atoms with Crippen molar-refractivity contribution in [3.05, 3.63) is 41.5 Å². The summed E-state index contributed by atoms with van der Waals surface area (Å²) in [5, 5.41) is 20.7. The van der Waals surface area contributed by atoms with E-state index in [0.29, 0.717) is 19.1 Å². The number of nitrogens with zero attached hydrogens (tertiary/aromatic N) is 5. The van der Waals surface area contributed by atoms with Gasteiger partial charge in [0.05, 0.1) is 12.6 Å². The first-order chi connectivity index (χ1) is 15.2. The first-order valence-corrected chi connectivity index (χ1v) is 11.6. The molecule has 0 aliphatic carbocycles. The maximum Gasteiger partial charge on any atom is 0.192 e. The van der Waals surface area contributed by atoms with E-state index in [9.17, 15) is 5.11 Å². The molecular formula is C23H36IN7O. The van der Waals surface area contributed by atoms with Crippen LogP contribution in [0.2, 0.25) is 0 Å². The summed E-state index contributed by atoms with van der Waals surface area (Å²) in [6.45, 7) is 8.75. The molecule has 0 bridgehead atoms. The Balaban J connectivity index is 0.00000289. The minimum atomic E-state index is 0. The first kappa shape index (κ1) is 24.8. The van der Waals surface area contributed by atoms with Gasteiger partial charge in [-0.05, 0) is 63.1 Å². The van der Waals surface area contributed by atoms with Crippen LogP contribution in [0.3, 0.4) is 0 Å². The van der Waals surface area contributed by atoms with Gasteiger partial charge in [-0.15, -0.1) is 24.0 Å². The summed E-state index contributed by atoms with van der Waals surface area (Å²) in [6.07, 6.45) is 4.25. The molecule has 0 amide bonds. The first-order valence-electron chi connectivity index (χ1n) is 11.6. The monoisotopic (exact) mass is 553 g/mol. The molecule has 2 aromatic rings. The molecule has 1 aromatic heterocycles. The number of nitrogens with one attached hydrogen (secondary N) is 2. The van der Waals surface area contributed by atoms with Gasteiger partial charge in [0.15, 0.2) is 5.96 Å². The number of aliphatic imine (C=N–C) groups is 1. The van der Waals surface area contributed by atoms with Crippen molar-refractivity contribution in [2.75, 3.05) is 31.1 Å². The molecule has 4 rings (SSSR count). The van der Waals surface area contributed by atoms with Crippen LogP contribution in [0.15, 0.2) is 29.3 Å². The van der Waals surface area contributed by atoms with Gasteiger partial charge in [-0.3, -0.25) is 0 Å². The van der Waals surface area contributed by atoms with Crippen LogP contribution in [0.4, 0.5) is 5.69 Å². The molecule has 1 saturated heterocycles. The number of aliphatic hydroxyl groups excluding tert-OH is 1. The summed E-state index contributed by atoms with van der Waals surface area (Å²) < 4.78 is 2.02. The van der Waals surface area contributed by atoms with Crippen LogP contribution in [-0.2, 0) is 13.1 Å². The van der Waals surface area contributed by atoms with Crippen molar-refractivity contribution in [3.63, 3.8) is 0 Å². The SMILES string of the molecule is CCNC(=NCc1ccc(N2CCC(CO)CC2)cc1)NC1CCCn2nc(C)nc21.I. The summed E-state index contributed by atoms with van der Waals surface area (Å²) >= 11 is 0. The third-order valence-corrected chi connectivity index (χ3v) is 6.23. The van der Waals surface area contributed by atoms with E-state index >= 15 is 0 Å². The van der Waals surface area contributed by atoms with Crippen LogP contribution < -0.4 is 15.5 Å². The Kier molecular flexibility index (Phi) is 9.15. The predicted octanol–water partition coefficient (Wildman–Crippen LogP) is 3.00. The number of rotatable bonds is 6. The summed E-state index contributed by atoms with van der Waals surface area (Å²) in [6, 6.07) is 8.85. The minimum absolute atomic E-state index is 0. The number of guanidine groups is 1. The van der Waals surface area contributed by atoms with Gasteiger partial charge in [0.1, 0.15) is 11.6 Å². The maximum absolute atomic E-state index is 9.33. The van der Waals surface area contributed by atoms with Gasteiger partial charge in [-0.25, -0.2) is 14.7 Å². The molecule has 1 aromatic carbocycles. The molecule has 32 heavy (non-hydrogen) atoms. The number of aryl methyl sites for hydroxylation is 2. The van der Waals surface area contributed by atoms with E-state index in [1.54, 1.807) is 0 Å². The predicted molar refractivity (Wildman–Crippen MR) is 139 cm³/mol. The van der Waals surface area contributed by atoms with Gasteiger partial charge in [-0.1, -0.05) is 12.1 Å². The zero-order valence-corrected chi connectivity index (χ0v) is 21.5. The minimum Gasteiger partial charge on any atom is -0.396 e. The molecule has 1 atom stereocenters. The lowest BCUT2D eigenvalue weighted by atomic mass is 9.97. The molecule has 0 radical (unpaired) electrons. The number of aliphatic hydroxyl groups is 1. The van der Waals surface area contributed by atoms with Crippen molar-refractivity contribution in [1.82, 2.24) is 25.4 Å². The normalized spacial score (nSPS) is 19.3. The molecule has 0 saturated carbocycles. The van der Waals surface area contributed by atoms with Gasteiger partial charge in [0.25, 0.3) is 0 Å². The Hall–Kier alpha value is -1.88. The fraction of sp³-hybridized carbons (Fsp3) is 0.609. The van der Waals surface area contributed by atoms with Crippen molar-refractivity contribution >= 4 is 35.6 Å². The van der Waals surface area contributed by atoms with Gasteiger partial charge in [-0.2, -0.15) is 5.10 Å². The van der Waals surface area contributed by atoms with Crippen LogP contribution in [0.1, 0.15) is 55.9 Å². The molecule has 176 valence electrons. The molecule has 8 nitrogen and oxygen atoms in total. The quantitative estimate of drug-likeness (QED) is 0.290. The lowest BCUT2D eigenvalue weighted by molar-refractivity contribution is 0.203. The lowest BCUT2D eigenvalue weighted by Crippen LogP contribution is -2.41. The second-order valence-electron chi connectivity index (χ2n) is 8.55. The average molecular weight is 553 g/mol. The average Bonchev–Trinajstić information content (AvgIpc) is 3.19. The van der Waals surface area contributed by atoms with Crippen molar-refractivity contribution in [3.8, 4) is 0 Å². The third kappa shape index (κ3) is 6.12. The van der Waals surface area contributed by atoms with Crippen molar-refractivity contribution in [1.29, 1.82) is 0 Å². The van der Waals surface area contributed by atoms with E-state index in [1.807, 2.05) is 11.6 Å². The molecular weight excluding hydrogens is 517 g/mol. The summed E-state index contributed by atoms with van der Waals surface area (Å²) in [5.74, 6) is 3.11. The van der Waals surface area contributed by atoms with E-state index in [1.165, 1.54) is 11.3 Å². The Morgan fingerprint density at radius 1 is 1.16 bits per heavy atom. The Labute approximate surface area is 207 Å². The standard InChI is InChI=1S/C23H35N7O.HI/c1-3-24-23(27-21-5-4-12-30-22(21)26-17(2)28-30)25-15-18-6-8-20(9-7-18)29-13-10-19(16-31)11-14-29;/h6-9,19,21,31H,3-5,10-16H2,1-2H3,(H2,24,25,27);1H. The Morgan fingerprint density at radius 2 is 1.91 bits per heavy atom. The molecule has 1 fully saturated rings. The van der Waals surface area contributed by atoms with E-state index in [4.69, 9.17) is 4.99 Å². The molecule has 2 aliphatic heterocycles. The fourth-order valence-corrected chi connectivity index (χ4v) is 4.45. The number of halogens is 1. The molecule has 9 heteroatoms. The lowest BCUT2D eigenvalue weighted by Gasteiger charge is -2.32. The summed E-state index contributed by atoms with van der Waals surface area (Å²) in [4.78, 5) is 11.8. The van der Waals surface area contributed by atoms with Crippen LogP contribution in [-0.4, -0.2) is 52.1 Å². The zero-order chi connectivity index (χ0) is 21.6. The number of anilines is 1. The Morgan fingerprint density at radius 3 is 2.59 bits per heavy atom. The molecule has 0 spiro atoms. The van der Waals surface area contributed by atoms with Gasteiger partial charge in [0.2, 0.25) is 0 Å². The smallest absolute Gasteiger partial charge is 0.192 e. The van der Waals surface area contributed by atoms with Crippen molar-refractivity contribution < 1.29 is 5.11 Å². The zero-order valence-electron chi connectivity index (χ0n) is 19.1. The topological polar surface area (TPSA) is 90.6 Å². The summed E-state index contributed by atoms with van der Waals surface area (Å²) in [5.41, 5.74) is 2.44. The number of piperidine rings is 1. The van der Waals surface area contributed by atoms with Crippen LogP contribution in [0.25, 0.3) is 0 Å². The Bertz CT molecular complexity index is 875.